The second-order valence-corrected chi connectivity index (χ2v) is 5.41. The molecule has 2 heterocycles. The second kappa shape index (κ2) is 7.23. The van der Waals surface area contributed by atoms with Gasteiger partial charge in [-0.1, -0.05) is 12.1 Å². The molecule has 122 valence electrons. The van der Waals surface area contributed by atoms with Crippen molar-refractivity contribution in [3.8, 4) is 0 Å². The molecule has 1 aliphatic heterocycles. The van der Waals surface area contributed by atoms with Crippen molar-refractivity contribution in [2.24, 2.45) is 0 Å². The Morgan fingerprint density at radius 2 is 1.91 bits per heavy atom. The van der Waals surface area contributed by atoms with Crippen LogP contribution in [0.4, 0.5) is 11.6 Å². The van der Waals surface area contributed by atoms with E-state index in [0.29, 0.717) is 32.0 Å². The van der Waals surface area contributed by atoms with Gasteiger partial charge in [-0.15, -0.1) is 0 Å². The lowest BCUT2D eigenvalue weighted by molar-refractivity contribution is -0.137. The topological polar surface area (TPSA) is 87.6 Å². The third-order valence-corrected chi connectivity index (χ3v) is 3.72. The minimum Gasteiger partial charge on any atom is -0.481 e. The maximum atomic E-state index is 10.6. The van der Waals surface area contributed by atoms with Crippen molar-refractivity contribution in [2.45, 2.75) is 12.8 Å². The number of morpholine rings is 1. The number of carboxylic acids is 1. The molecule has 7 heteroatoms. The number of aromatic nitrogens is 2. The van der Waals surface area contributed by atoms with E-state index in [1.165, 1.54) is 0 Å². The van der Waals surface area contributed by atoms with Gasteiger partial charge in [0.25, 0.3) is 0 Å². The molecule has 1 saturated heterocycles. The van der Waals surface area contributed by atoms with Crippen LogP contribution in [-0.4, -0.2) is 53.9 Å². The fraction of sp³-hybridized carbons (Fsp3) is 0.438. The van der Waals surface area contributed by atoms with Gasteiger partial charge in [-0.25, -0.2) is 9.97 Å². The number of anilines is 2. The lowest BCUT2D eigenvalue weighted by atomic mass is 10.3. The quantitative estimate of drug-likeness (QED) is 0.785. The fourth-order valence-electron chi connectivity index (χ4n) is 2.55. The summed E-state index contributed by atoms with van der Waals surface area (Å²) in [5, 5.41) is 12.0. The minimum atomic E-state index is -0.787. The van der Waals surface area contributed by atoms with Crippen molar-refractivity contribution in [1.82, 2.24) is 9.97 Å². The number of aliphatic carboxylic acids is 1. The first-order valence-corrected chi connectivity index (χ1v) is 7.79. The molecule has 0 aliphatic carbocycles. The first kappa shape index (κ1) is 15.5. The monoisotopic (exact) mass is 316 g/mol. The molecule has 2 aromatic rings. The van der Waals surface area contributed by atoms with Crippen molar-refractivity contribution >= 4 is 28.6 Å². The SMILES string of the molecule is O=C(O)CCCNc1nc2ccccc2nc1N1CCOCC1. The number of hydrogen-bond acceptors (Lipinski definition) is 6. The molecule has 1 aromatic heterocycles. The summed E-state index contributed by atoms with van der Waals surface area (Å²) in [7, 11) is 0. The molecule has 23 heavy (non-hydrogen) atoms. The summed E-state index contributed by atoms with van der Waals surface area (Å²) in [6.07, 6.45) is 0.688. The van der Waals surface area contributed by atoms with Crippen molar-refractivity contribution in [3.63, 3.8) is 0 Å². The van der Waals surface area contributed by atoms with Crippen LogP contribution in [0.2, 0.25) is 0 Å². The van der Waals surface area contributed by atoms with E-state index >= 15 is 0 Å². The highest BCUT2D eigenvalue weighted by Gasteiger charge is 2.18. The number of fused-ring (bicyclic) bond motifs is 1. The van der Waals surface area contributed by atoms with Gasteiger partial charge in [-0.05, 0) is 18.6 Å². The summed E-state index contributed by atoms with van der Waals surface area (Å²) in [5.74, 6) is 0.725. The molecule has 2 N–H and O–H groups in total. The van der Waals surface area contributed by atoms with E-state index in [4.69, 9.17) is 14.8 Å². The Morgan fingerprint density at radius 1 is 1.22 bits per heavy atom. The number of hydrogen-bond donors (Lipinski definition) is 2. The van der Waals surface area contributed by atoms with Gasteiger partial charge in [0.05, 0.1) is 24.2 Å². The molecular formula is C16H20N4O3. The van der Waals surface area contributed by atoms with Gasteiger partial charge in [0, 0.05) is 26.1 Å². The number of benzene rings is 1. The van der Waals surface area contributed by atoms with Crippen LogP contribution >= 0.6 is 0 Å². The average Bonchev–Trinajstić information content (AvgIpc) is 2.58. The average molecular weight is 316 g/mol. The molecule has 1 aromatic carbocycles. The van der Waals surface area contributed by atoms with Crippen LogP contribution in [0.25, 0.3) is 11.0 Å². The Morgan fingerprint density at radius 3 is 2.61 bits per heavy atom. The molecule has 0 atom stereocenters. The van der Waals surface area contributed by atoms with Crippen LogP contribution < -0.4 is 10.2 Å². The smallest absolute Gasteiger partial charge is 0.303 e. The summed E-state index contributed by atoms with van der Waals surface area (Å²) in [5.41, 5.74) is 1.68. The Bertz CT molecular complexity index is 686. The van der Waals surface area contributed by atoms with E-state index in [2.05, 4.69) is 15.2 Å². The molecule has 0 saturated carbocycles. The van der Waals surface area contributed by atoms with Crippen molar-refractivity contribution < 1.29 is 14.6 Å². The van der Waals surface area contributed by atoms with E-state index in [-0.39, 0.29) is 6.42 Å². The van der Waals surface area contributed by atoms with E-state index in [9.17, 15) is 4.79 Å². The van der Waals surface area contributed by atoms with Gasteiger partial charge in [0.2, 0.25) is 0 Å². The third kappa shape index (κ3) is 3.87. The Balaban J connectivity index is 1.84. The first-order valence-electron chi connectivity index (χ1n) is 7.79. The van der Waals surface area contributed by atoms with Crippen LogP contribution in [-0.2, 0) is 9.53 Å². The third-order valence-electron chi connectivity index (χ3n) is 3.72. The van der Waals surface area contributed by atoms with Crippen LogP contribution in [0.1, 0.15) is 12.8 Å². The predicted molar refractivity (Wildman–Crippen MR) is 87.9 cm³/mol. The van der Waals surface area contributed by atoms with Crippen LogP contribution in [0.3, 0.4) is 0 Å². The van der Waals surface area contributed by atoms with E-state index in [1.807, 2.05) is 24.3 Å². The van der Waals surface area contributed by atoms with Crippen molar-refractivity contribution in [3.05, 3.63) is 24.3 Å². The maximum Gasteiger partial charge on any atom is 0.303 e. The van der Waals surface area contributed by atoms with Gasteiger partial charge in [-0.3, -0.25) is 4.79 Å². The van der Waals surface area contributed by atoms with Crippen molar-refractivity contribution in [1.29, 1.82) is 0 Å². The molecule has 7 nitrogen and oxygen atoms in total. The number of carboxylic acid groups (broad SMARTS) is 1. The highest BCUT2D eigenvalue weighted by atomic mass is 16.5. The standard InChI is InChI=1S/C16H20N4O3/c21-14(22)6-3-7-17-15-16(20-8-10-23-11-9-20)19-13-5-2-1-4-12(13)18-15/h1-2,4-5H,3,6-11H2,(H,17,18)(H,21,22). The van der Waals surface area contributed by atoms with Gasteiger partial charge in [0.1, 0.15) is 0 Å². The summed E-state index contributed by atoms with van der Waals surface area (Å²) in [6, 6.07) is 7.74. The van der Waals surface area contributed by atoms with Gasteiger partial charge < -0.3 is 20.1 Å². The molecular weight excluding hydrogens is 296 g/mol. The van der Waals surface area contributed by atoms with E-state index in [1.54, 1.807) is 0 Å². The van der Waals surface area contributed by atoms with Gasteiger partial charge in [-0.2, -0.15) is 0 Å². The lowest BCUT2D eigenvalue weighted by Crippen LogP contribution is -2.37. The molecule has 0 unspecified atom stereocenters. The maximum absolute atomic E-state index is 10.6. The van der Waals surface area contributed by atoms with Gasteiger partial charge in [0.15, 0.2) is 11.6 Å². The Labute approximate surface area is 134 Å². The number of para-hydroxylation sites is 2. The zero-order valence-corrected chi connectivity index (χ0v) is 12.9. The minimum absolute atomic E-state index is 0.140. The molecule has 0 radical (unpaired) electrons. The summed E-state index contributed by atoms with van der Waals surface area (Å²) < 4.78 is 5.40. The van der Waals surface area contributed by atoms with Crippen LogP contribution in [0, 0.1) is 0 Å². The number of nitrogens with one attached hydrogen (secondary N) is 1. The lowest BCUT2D eigenvalue weighted by Gasteiger charge is -2.29. The molecule has 0 bridgehead atoms. The molecule has 0 amide bonds. The summed E-state index contributed by atoms with van der Waals surface area (Å²) in [4.78, 5) is 22.2. The van der Waals surface area contributed by atoms with Crippen molar-refractivity contribution in [2.75, 3.05) is 43.1 Å². The highest BCUT2D eigenvalue weighted by Crippen LogP contribution is 2.25. The predicted octanol–water partition coefficient (Wildman–Crippen LogP) is 1.74. The number of carbonyl (C=O) groups is 1. The van der Waals surface area contributed by atoms with Crippen LogP contribution in [0.15, 0.2) is 24.3 Å². The molecule has 3 rings (SSSR count). The number of nitrogens with zero attached hydrogens (tertiary/aromatic N) is 3. The highest BCUT2D eigenvalue weighted by molar-refractivity contribution is 5.80. The van der Waals surface area contributed by atoms with Gasteiger partial charge >= 0.3 is 5.97 Å². The Hall–Kier alpha value is -2.41. The molecule has 1 aliphatic rings. The number of ether oxygens (including phenoxy) is 1. The zero-order valence-electron chi connectivity index (χ0n) is 12.9. The largest absolute Gasteiger partial charge is 0.481 e. The van der Waals surface area contributed by atoms with Crippen LogP contribution in [0.5, 0.6) is 0 Å². The van der Waals surface area contributed by atoms with E-state index in [0.717, 1.165) is 29.9 Å². The first-order chi connectivity index (χ1) is 11.2. The molecule has 1 fully saturated rings. The van der Waals surface area contributed by atoms with E-state index < -0.39 is 5.97 Å². The molecule has 0 spiro atoms. The zero-order chi connectivity index (χ0) is 16.1. The fourth-order valence-corrected chi connectivity index (χ4v) is 2.55. The normalized spacial score (nSPS) is 14.9. The number of rotatable bonds is 6. The second-order valence-electron chi connectivity index (χ2n) is 5.41. The summed E-state index contributed by atoms with van der Waals surface area (Å²) >= 11 is 0. The summed E-state index contributed by atoms with van der Waals surface area (Å²) in [6.45, 7) is 3.45. The Kier molecular flexibility index (Phi) is 4.87.